The number of hydrogen-bond donors (Lipinski definition) is 1. The number of hydrogen-bond acceptors (Lipinski definition) is 3. The zero-order valence-corrected chi connectivity index (χ0v) is 18.1. The second kappa shape index (κ2) is 9.28. The molecule has 3 rings (SSSR count). The van der Waals surface area contributed by atoms with Crippen molar-refractivity contribution in [1.82, 2.24) is 4.90 Å². The number of carbonyl (C=O) groups excluding carboxylic acids is 2. The van der Waals surface area contributed by atoms with Gasteiger partial charge in [-0.15, -0.1) is 0 Å². The van der Waals surface area contributed by atoms with Crippen molar-refractivity contribution in [3.63, 3.8) is 0 Å². The molecule has 0 aromatic heterocycles. The van der Waals surface area contributed by atoms with Gasteiger partial charge < -0.3 is 15.1 Å². The fraction of sp³-hybridized carbons (Fsp3) is 0.417. The molecule has 0 spiro atoms. The number of nitrogens with zero attached hydrogens (tertiary/aromatic N) is 2. The Labute approximate surface area is 177 Å². The summed E-state index contributed by atoms with van der Waals surface area (Å²) in [5.74, 6) is -0.323. The van der Waals surface area contributed by atoms with Crippen molar-refractivity contribution in [2.45, 2.75) is 39.8 Å². The summed E-state index contributed by atoms with van der Waals surface area (Å²) in [6.07, 6.45) is 1.81. The van der Waals surface area contributed by atoms with Crippen LogP contribution in [0.5, 0.6) is 0 Å². The lowest BCUT2D eigenvalue weighted by atomic mass is 10.1. The lowest BCUT2D eigenvalue weighted by Gasteiger charge is -2.27. The van der Waals surface area contributed by atoms with Crippen LogP contribution < -0.4 is 10.2 Å². The zero-order valence-electron chi connectivity index (χ0n) is 18.1. The van der Waals surface area contributed by atoms with Gasteiger partial charge >= 0.3 is 0 Å². The predicted molar refractivity (Wildman–Crippen MR) is 118 cm³/mol. The molecule has 1 N–H and O–H groups in total. The molecule has 160 valence electrons. The Kier molecular flexibility index (Phi) is 6.75. The SMILES string of the molecule is CC(C)C(=O)Nc1ccc(N(C)C)c(CN(Cc2cccc(F)c2)C(=O)C2CC2)c1. The number of anilines is 2. The minimum atomic E-state index is -0.307. The molecule has 30 heavy (non-hydrogen) atoms. The lowest BCUT2D eigenvalue weighted by Crippen LogP contribution is -2.32. The monoisotopic (exact) mass is 411 g/mol. The van der Waals surface area contributed by atoms with Gasteiger partial charge in [0.25, 0.3) is 0 Å². The normalized spacial score (nSPS) is 13.3. The van der Waals surface area contributed by atoms with Crippen LogP contribution in [-0.2, 0) is 22.7 Å². The summed E-state index contributed by atoms with van der Waals surface area (Å²) in [5.41, 5.74) is 3.39. The Morgan fingerprint density at radius 3 is 2.43 bits per heavy atom. The molecule has 2 aromatic rings. The van der Waals surface area contributed by atoms with E-state index >= 15 is 0 Å². The van der Waals surface area contributed by atoms with Crippen molar-refractivity contribution in [2.24, 2.45) is 11.8 Å². The molecule has 5 nitrogen and oxygen atoms in total. The lowest BCUT2D eigenvalue weighted by molar-refractivity contribution is -0.133. The van der Waals surface area contributed by atoms with E-state index in [4.69, 9.17) is 0 Å². The van der Waals surface area contributed by atoms with E-state index in [1.54, 1.807) is 11.0 Å². The summed E-state index contributed by atoms with van der Waals surface area (Å²) in [6.45, 7) is 4.44. The third-order valence-electron chi connectivity index (χ3n) is 5.22. The molecule has 0 bridgehead atoms. The first-order chi connectivity index (χ1) is 14.2. The molecule has 6 heteroatoms. The fourth-order valence-corrected chi connectivity index (χ4v) is 3.37. The topological polar surface area (TPSA) is 52.7 Å². The number of nitrogens with one attached hydrogen (secondary N) is 1. The van der Waals surface area contributed by atoms with E-state index < -0.39 is 0 Å². The van der Waals surface area contributed by atoms with Crippen LogP contribution in [0.2, 0.25) is 0 Å². The van der Waals surface area contributed by atoms with Crippen LogP contribution in [-0.4, -0.2) is 30.8 Å². The third-order valence-corrected chi connectivity index (χ3v) is 5.22. The van der Waals surface area contributed by atoms with Gasteiger partial charge in [0, 0.05) is 50.4 Å². The highest BCUT2D eigenvalue weighted by Gasteiger charge is 2.33. The molecule has 0 heterocycles. The first-order valence-corrected chi connectivity index (χ1v) is 10.4. The zero-order chi connectivity index (χ0) is 21.8. The molecule has 0 radical (unpaired) electrons. The molecule has 0 atom stereocenters. The number of carbonyl (C=O) groups is 2. The maximum Gasteiger partial charge on any atom is 0.226 e. The van der Waals surface area contributed by atoms with Crippen molar-refractivity contribution in [3.8, 4) is 0 Å². The maximum atomic E-state index is 13.7. The molecule has 0 unspecified atom stereocenters. The second-order valence-electron chi connectivity index (χ2n) is 8.48. The van der Waals surface area contributed by atoms with E-state index in [9.17, 15) is 14.0 Å². The number of halogens is 1. The molecule has 2 aromatic carbocycles. The van der Waals surface area contributed by atoms with Crippen molar-refractivity contribution >= 4 is 23.2 Å². The Hall–Kier alpha value is -2.89. The van der Waals surface area contributed by atoms with Crippen LogP contribution in [0.25, 0.3) is 0 Å². The first kappa shape index (κ1) is 21.8. The van der Waals surface area contributed by atoms with Crippen LogP contribution in [0.4, 0.5) is 15.8 Å². The maximum absolute atomic E-state index is 13.7. The molecule has 0 saturated heterocycles. The van der Waals surface area contributed by atoms with Gasteiger partial charge in [0.1, 0.15) is 5.82 Å². The van der Waals surface area contributed by atoms with E-state index in [1.165, 1.54) is 12.1 Å². The summed E-state index contributed by atoms with van der Waals surface area (Å²) in [4.78, 5) is 28.9. The molecular formula is C24H30FN3O2. The largest absolute Gasteiger partial charge is 0.377 e. The van der Waals surface area contributed by atoms with E-state index in [0.717, 1.165) is 29.7 Å². The Morgan fingerprint density at radius 1 is 1.10 bits per heavy atom. The van der Waals surface area contributed by atoms with Gasteiger partial charge in [-0.05, 0) is 54.3 Å². The van der Waals surface area contributed by atoms with E-state index in [1.807, 2.05) is 57.1 Å². The van der Waals surface area contributed by atoms with Crippen LogP contribution in [0.3, 0.4) is 0 Å². The van der Waals surface area contributed by atoms with Crippen LogP contribution in [0, 0.1) is 17.7 Å². The van der Waals surface area contributed by atoms with Gasteiger partial charge in [-0.25, -0.2) is 4.39 Å². The fourth-order valence-electron chi connectivity index (χ4n) is 3.37. The minimum Gasteiger partial charge on any atom is -0.377 e. The van der Waals surface area contributed by atoms with Gasteiger partial charge in [0.15, 0.2) is 0 Å². The Balaban J connectivity index is 1.89. The standard InChI is InChI=1S/C24H30FN3O2/c1-16(2)23(29)26-21-10-11-22(27(3)4)19(13-21)15-28(24(30)18-8-9-18)14-17-6-5-7-20(25)12-17/h5-7,10-13,16,18H,8-9,14-15H2,1-4H3,(H,26,29). The molecule has 0 aliphatic heterocycles. The second-order valence-corrected chi connectivity index (χ2v) is 8.48. The molecule has 1 fully saturated rings. The number of rotatable bonds is 8. The third kappa shape index (κ3) is 5.59. The summed E-state index contributed by atoms with van der Waals surface area (Å²) < 4.78 is 13.7. The first-order valence-electron chi connectivity index (χ1n) is 10.4. The Morgan fingerprint density at radius 2 is 1.83 bits per heavy atom. The molecule has 1 aliphatic carbocycles. The van der Waals surface area contributed by atoms with Gasteiger partial charge in [-0.3, -0.25) is 9.59 Å². The van der Waals surface area contributed by atoms with Gasteiger partial charge in [-0.1, -0.05) is 26.0 Å². The van der Waals surface area contributed by atoms with Crippen LogP contribution >= 0.6 is 0 Å². The van der Waals surface area contributed by atoms with Crippen molar-refractivity contribution in [3.05, 3.63) is 59.4 Å². The predicted octanol–water partition coefficient (Wildman–Crippen LogP) is 4.43. The van der Waals surface area contributed by atoms with Crippen molar-refractivity contribution < 1.29 is 14.0 Å². The number of amides is 2. The highest BCUT2D eigenvalue weighted by atomic mass is 19.1. The van der Waals surface area contributed by atoms with E-state index in [-0.39, 0.29) is 29.5 Å². The number of benzene rings is 2. The highest BCUT2D eigenvalue weighted by Crippen LogP contribution is 2.33. The average Bonchev–Trinajstić information content (AvgIpc) is 3.52. The molecule has 1 saturated carbocycles. The molecule has 1 aliphatic rings. The molecule has 2 amide bonds. The highest BCUT2D eigenvalue weighted by molar-refractivity contribution is 5.92. The van der Waals surface area contributed by atoms with Crippen LogP contribution in [0.15, 0.2) is 42.5 Å². The smallest absolute Gasteiger partial charge is 0.226 e. The van der Waals surface area contributed by atoms with Crippen molar-refractivity contribution in [2.75, 3.05) is 24.3 Å². The molecular weight excluding hydrogens is 381 g/mol. The van der Waals surface area contributed by atoms with Gasteiger partial charge in [0.2, 0.25) is 11.8 Å². The summed E-state index contributed by atoms with van der Waals surface area (Å²) in [7, 11) is 3.90. The van der Waals surface area contributed by atoms with Gasteiger partial charge in [-0.2, -0.15) is 0 Å². The van der Waals surface area contributed by atoms with Crippen LogP contribution in [0.1, 0.15) is 37.8 Å². The average molecular weight is 412 g/mol. The summed E-state index contributed by atoms with van der Waals surface area (Å²) >= 11 is 0. The van der Waals surface area contributed by atoms with E-state index in [0.29, 0.717) is 18.8 Å². The van der Waals surface area contributed by atoms with Gasteiger partial charge in [0.05, 0.1) is 0 Å². The minimum absolute atomic E-state index is 0.0516. The Bertz CT molecular complexity index is 922. The van der Waals surface area contributed by atoms with E-state index in [2.05, 4.69) is 5.32 Å². The summed E-state index contributed by atoms with van der Waals surface area (Å²) in [6, 6.07) is 12.1. The quantitative estimate of drug-likeness (QED) is 0.699. The van der Waals surface area contributed by atoms with Crippen molar-refractivity contribution in [1.29, 1.82) is 0 Å². The summed E-state index contributed by atoms with van der Waals surface area (Å²) in [5, 5.41) is 2.93.